The number of rotatable bonds is 4. The Hall–Kier alpha value is -2.10. The van der Waals surface area contributed by atoms with Crippen LogP contribution in [0.1, 0.15) is 12.0 Å². The van der Waals surface area contributed by atoms with E-state index in [1.807, 2.05) is 35.8 Å². The maximum absolute atomic E-state index is 10.6. The van der Waals surface area contributed by atoms with E-state index >= 15 is 0 Å². The van der Waals surface area contributed by atoms with Crippen molar-refractivity contribution in [1.29, 1.82) is 0 Å². The van der Waals surface area contributed by atoms with Gasteiger partial charge in [0.2, 0.25) is 0 Å². The third-order valence-electron chi connectivity index (χ3n) is 2.59. The normalized spacial score (nSPS) is 10.4. The van der Waals surface area contributed by atoms with Crippen LogP contribution in [0.2, 0.25) is 0 Å². The molecule has 2 rings (SSSR count). The van der Waals surface area contributed by atoms with E-state index in [2.05, 4.69) is 4.98 Å². The first-order chi connectivity index (χ1) is 8.16. The summed E-state index contributed by atoms with van der Waals surface area (Å²) in [6.45, 7) is 2.47. The van der Waals surface area contributed by atoms with Crippen molar-refractivity contribution in [2.24, 2.45) is 0 Å². The van der Waals surface area contributed by atoms with Crippen LogP contribution >= 0.6 is 0 Å². The maximum Gasteiger partial charge on any atom is 0.305 e. The van der Waals surface area contributed by atoms with E-state index in [-0.39, 0.29) is 6.42 Å². The van der Waals surface area contributed by atoms with Crippen LogP contribution in [0.3, 0.4) is 0 Å². The second kappa shape index (κ2) is 4.82. The van der Waals surface area contributed by atoms with Crippen LogP contribution in [-0.2, 0) is 11.3 Å². The highest BCUT2D eigenvalue weighted by molar-refractivity contribution is 5.66. The summed E-state index contributed by atoms with van der Waals surface area (Å²) in [5, 5.41) is 8.68. The van der Waals surface area contributed by atoms with E-state index in [0.717, 1.165) is 11.4 Å². The molecule has 0 radical (unpaired) electrons. The van der Waals surface area contributed by atoms with Crippen LogP contribution in [0.5, 0.6) is 0 Å². The summed E-state index contributed by atoms with van der Waals surface area (Å²) < 4.78 is 1.86. The maximum atomic E-state index is 10.6. The van der Waals surface area contributed by atoms with Crippen LogP contribution in [0, 0.1) is 6.92 Å². The van der Waals surface area contributed by atoms with Crippen LogP contribution < -0.4 is 0 Å². The molecular weight excluding hydrogens is 216 g/mol. The van der Waals surface area contributed by atoms with Crippen molar-refractivity contribution in [2.75, 3.05) is 0 Å². The number of benzene rings is 1. The Morgan fingerprint density at radius 2 is 2.06 bits per heavy atom. The zero-order valence-electron chi connectivity index (χ0n) is 9.63. The molecule has 0 amide bonds. The Morgan fingerprint density at radius 3 is 2.71 bits per heavy atom. The molecule has 4 heteroatoms. The van der Waals surface area contributed by atoms with Gasteiger partial charge in [0.05, 0.1) is 6.42 Å². The SMILES string of the molecule is Cc1ccc(-c2nccn2CCC(=O)O)cc1. The van der Waals surface area contributed by atoms with E-state index < -0.39 is 5.97 Å². The molecule has 88 valence electrons. The molecular formula is C13H14N2O2. The Bertz CT molecular complexity index is 514. The fourth-order valence-corrected chi connectivity index (χ4v) is 1.67. The lowest BCUT2D eigenvalue weighted by molar-refractivity contribution is -0.137. The molecule has 0 saturated carbocycles. The molecule has 0 saturated heterocycles. The number of nitrogens with zero attached hydrogens (tertiary/aromatic N) is 2. The molecule has 0 aliphatic rings. The van der Waals surface area contributed by atoms with Crippen LogP contribution in [-0.4, -0.2) is 20.6 Å². The van der Waals surface area contributed by atoms with Gasteiger partial charge in [0.1, 0.15) is 5.82 Å². The molecule has 0 spiro atoms. The quantitative estimate of drug-likeness (QED) is 0.877. The summed E-state index contributed by atoms with van der Waals surface area (Å²) >= 11 is 0. The Labute approximate surface area is 99.5 Å². The van der Waals surface area contributed by atoms with Crippen molar-refractivity contribution in [3.63, 3.8) is 0 Å². The van der Waals surface area contributed by atoms with Crippen LogP contribution in [0.25, 0.3) is 11.4 Å². The summed E-state index contributed by atoms with van der Waals surface area (Å²) in [4.78, 5) is 14.8. The zero-order valence-corrected chi connectivity index (χ0v) is 9.63. The number of aliphatic carboxylic acids is 1. The number of aromatic nitrogens is 2. The average molecular weight is 230 g/mol. The number of hydrogen-bond acceptors (Lipinski definition) is 2. The number of imidazole rings is 1. The summed E-state index contributed by atoms with van der Waals surface area (Å²) in [6.07, 6.45) is 3.60. The lowest BCUT2D eigenvalue weighted by Crippen LogP contribution is -2.05. The fraction of sp³-hybridized carbons (Fsp3) is 0.231. The molecule has 0 aliphatic heterocycles. The Balaban J connectivity index is 2.24. The second-order valence-electron chi connectivity index (χ2n) is 3.95. The summed E-state index contributed by atoms with van der Waals surface area (Å²) in [6, 6.07) is 8.03. The summed E-state index contributed by atoms with van der Waals surface area (Å²) in [5.41, 5.74) is 2.20. The number of hydrogen-bond donors (Lipinski definition) is 1. The minimum atomic E-state index is -0.798. The molecule has 0 bridgehead atoms. The van der Waals surface area contributed by atoms with Gasteiger partial charge in [-0.1, -0.05) is 29.8 Å². The summed E-state index contributed by atoms with van der Waals surface area (Å²) in [7, 11) is 0. The number of aryl methyl sites for hydroxylation is 2. The molecule has 2 aromatic rings. The van der Waals surface area contributed by atoms with Gasteiger partial charge in [0.25, 0.3) is 0 Å². The van der Waals surface area contributed by atoms with Gasteiger partial charge < -0.3 is 9.67 Å². The van der Waals surface area contributed by atoms with Crippen LogP contribution in [0.15, 0.2) is 36.7 Å². The Morgan fingerprint density at radius 1 is 1.35 bits per heavy atom. The van der Waals surface area contributed by atoms with Gasteiger partial charge in [-0.3, -0.25) is 4.79 Å². The predicted molar refractivity (Wildman–Crippen MR) is 64.7 cm³/mol. The largest absolute Gasteiger partial charge is 0.481 e. The number of carboxylic acids is 1. The predicted octanol–water partition coefficient (Wildman–Crippen LogP) is 2.33. The summed E-state index contributed by atoms with van der Waals surface area (Å²) in [5.74, 6) is 0.0137. The molecule has 1 aromatic carbocycles. The molecule has 17 heavy (non-hydrogen) atoms. The van der Waals surface area contributed by atoms with Gasteiger partial charge in [-0.15, -0.1) is 0 Å². The Kier molecular flexibility index (Phi) is 3.23. The van der Waals surface area contributed by atoms with Gasteiger partial charge >= 0.3 is 5.97 Å². The van der Waals surface area contributed by atoms with Gasteiger partial charge in [0, 0.05) is 24.5 Å². The highest BCUT2D eigenvalue weighted by atomic mass is 16.4. The highest BCUT2D eigenvalue weighted by Gasteiger charge is 2.06. The highest BCUT2D eigenvalue weighted by Crippen LogP contribution is 2.18. The number of carbonyl (C=O) groups is 1. The molecule has 0 aliphatic carbocycles. The smallest absolute Gasteiger partial charge is 0.305 e. The first-order valence-electron chi connectivity index (χ1n) is 5.47. The van der Waals surface area contributed by atoms with E-state index in [1.54, 1.807) is 12.4 Å². The van der Waals surface area contributed by atoms with Crippen molar-refractivity contribution in [3.8, 4) is 11.4 Å². The molecule has 1 aromatic heterocycles. The fourth-order valence-electron chi connectivity index (χ4n) is 1.67. The van der Waals surface area contributed by atoms with Gasteiger partial charge in [-0.2, -0.15) is 0 Å². The molecule has 1 heterocycles. The van der Waals surface area contributed by atoms with E-state index in [1.165, 1.54) is 5.56 Å². The topological polar surface area (TPSA) is 55.1 Å². The van der Waals surface area contributed by atoms with Crippen molar-refractivity contribution < 1.29 is 9.90 Å². The molecule has 0 fully saturated rings. The first kappa shape index (κ1) is 11.4. The lowest BCUT2D eigenvalue weighted by atomic mass is 10.1. The third-order valence-corrected chi connectivity index (χ3v) is 2.59. The number of carboxylic acid groups (broad SMARTS) is 1. The van der Waals surface area contributed by atoms with Gasteiger partial charge in [-0.25, -0.2) is 4.98 Å². The minimum absolute atomic E-state index is 0.106. The molecule has 0 atom stereocenters. The molecule has 1 N–H and O–H groups in total. The van der Waals surface area contributed by atoms with Gasteiger partial charge in [-0.05, 0) is 6.92 Å². The zero-order chi connectivity index (χ0) is 12.3. The van der Waals surface area contributed by atoms with E-state index in [4.69, 9.17) is 5.11 Å². The van der Waals surface area contributed by atoms with Gasteiger partial charge in [0.15, 0.2) is 0 Å². The molecule has 4 nitrogen and oxygen atoms in total. The second-order valence-corrected chi connectivity index (χ2v) is 3.95. The first-order valence-corrected chi connectivity index (χ1v) is 5.47. The van der Waals surface area contributed by atoms with Crippen molar-refractivity contribution in [2.45, 2.75) is 19.9 Å². The standard InChI is InChI=1S/C13H14N2O2/c1-10-2-4-11(5-3-10)13-14-7-9-15(13)8-6-12(16)17/h2-5,7,9H,6,8H2,1H3,(H,16,17). The van der Waals surface area contributed by atoms with E-state index in [9.17, 15) is 4.79 Å². The third kappa shape index (κ3) is 2.72. The lowest BCUT2D eigenvalue weighted by Gasteiger charge is -2.06. The van der Waals surface area contributed by atoms with Crippen molar-refractivity contribution >= 4 is 5.97 Å². The monoisotopic (exact) mass is 230 g/mol. The van der Waals surface area contributed by atoms with Crippen LogP contribution in [0.4, 0.5) is 0 Å². The minimum Gasteiger partial charge on any atom is -0.481 e. The van der Waals surface area contributed by atoms with E-state index in [0.29, 0.717) is 6.54 Å². The van der Waals surface area contributed by atoms with Crippen molar-refractivity contribution in [1.82, 2.24) is 9.55 Å². The average Bonchev–Trinajstić information content (AvgIpc) is 2.75. The molecule has 0 unspecified atom stereocenters. The van der Waals surface area contributed by atoms with Crippen molar-refractivity contribution in [3.05, 3.63) is 42.2 Å².